The lowest BCUT2D eigenvalue weighted by Crippen LogP contribution is -2.45. The van der Waals surface area contributed by atoms with Crippen LogP contribution in [0.25, 0.3) is 0 Å². The molecule has 0 amide bonds. The van der Waals surface area contributed by atoms with Crippen molar-refractivity contribution in [2.24, 2.45) is 0 Å². The van der Waals surface area contributed by atoms with Crippen molar-refractivity contribution in [1.29, 1.82) is 0 Å². The van der Waals surface area contributed by atoms with E-state index in [1.165, 1.54) is 31.6 Å². The van der Waals surface area contributed by atoms with Crippen LogP contribution in [0.4, 0.5) is 0 Å². The minimum absolute atomic E-state index is 0.0796. The smallest absolute Gasteiger partial charge is 0.104 e. The zero-order chi connectivity index (χ0) is 14.2. The number of benzene rings is 1. The van der Waals surface area contributed by atoms with E-state index in [9.17, 15) is 0 Å². The van der Waals surface area contributed by atoms with Gasteiger partial charge in [-0.25, -0.2) is 0 Å². The molecule has 0 spiro atoms. The van der Waals surface area contributed by atoms with Gasteiger partial charge in [0.05, 0.1) is 0 Å². The molecule has 0 unspecified atom stereocenters. The minimum Gasteiger partial charge on any atom is -0.384 e. The van der Waals surface area contributed by atoms with Gasteiger partial charge in [0, 0.05) is 38.3 Å². The van der Waals surface area contributed by atoms with Crippen LogP contribution in [0.15, 0.2) is 24.3 Å². The molecule has 0 bridgehead atoms. The molecule has 1 N–H and O–H groups in total. The van der Waals surface area contributed by atoms with Gasteiger partial charge < -0.3 is 10.0 Å². The molecule has 0 aromatic heterocycles. The molecule has 3 heteroatoms. The molecule has 0 radical (unpaired) electrons. The van der Waals surface area contributed by atoms with Crippen molar-refractivity contribution >= 4 is 0 Å². The Hall–Kier alpha value is -1.34. The van der Waals surface area contributed by atoms with Gasteiger partial charge in [0.15, 0.2) is 0 Å². The Labute approximate surface area is 122 Å². The van der Waals surface area contributed by atoms with Gasteiger partial charge in [-0.2, -0.15) is 0 Å². The Kier molecular flexibility index (Phi) is 6.07. The van der Waals surface area contributed by atoms with Crippen LogP contribution in [0.2, 0.25) is 0 Å². The molecule has 2 rings (SSSR count). The van der Waals surface area contributed by atoms with Gasteiger partial charge in [0.25, 0.3) is 0 Å². The summed E-state index contributed by atoms with van der Waals surface area (Å²) in [7, 11) is 0. The van der Waals surface area contributed by atoms with Gasteiger partial charge in [0.2, 0.25) is 0 Å². The molecule has 1 fully saturated rings. The van der Waals surface area contributed by atoms with Gasteiger partial charge in [-0.3, -0.25) is 4.90 Å². The maximum atomic E-state index is 8.67. The third-order valence-corrected chi connectivity index (χ3v) is 3.68. The highest BCUT2D eigenvalue weighted by atomic mass is 16.2. The topological polar surface area (TPSA) is 26.7 Å². The standard InChI is InChI=1S/C17H24N2O/c1-2-9-18-10-12-19(13-11-18)15-17-7-5-16(6-8-17)4-3-14-20/h5-8,20H,2,9-15H2,1H3. The fourth-order valence-corrected chi connectivity index (χ4v) is 2.58. The Balaban J connectivity index is 1.82. The highest BCUT2D eigenvalue weighted by molar-refractivity contribution is 5.36. The van der Waals surface area contributed by atoms with E-state index in [0.29, 0.717) is 0 Å². The van der Waals surface area contributed by atoms with Crippen LogP contribution in [0, 0.1) is 11.8 Å². The van der Waals surface area contributed by atoms with Crippen molar-refractivity contribution in [2.45, 2.75) is 19.9 Å². The maximum absolute atomic E-state index is 8.67. The first-order valence-electron chi connectivity index (χ1n) is 7.45. The van der Waals surface area contributed by atoms with Gasteiger partial charge in [-0.05, 0) is 30.7 Å². The van der Waals surface area contributed by atoms with E-state index in [0.717, 1.165) is 25.2 Å². The SMILES string of the molecule is CCCN1CCN(Cc2ccc(C#CCO)cc2)CC1. The van der Waals surface area contributed by atoms with Crippen LogP contribution in [-0.4, -0.2) is 54.2 Å². The van der Waals surface area contributed by atoms with Crippen LogP contribution in [0.3, 0.4) is 0 Å². The molecule has 0 aliphatic carbocycles. The Bertz CT molecular complexity index is 450. The first kappa shape index (κ1) is 15.1. The average molecular weight is 272 g/mol. The van der Waals surface area contributed by atoms with Crippen molar-refractivity contribution in [3.63, 3.8) is 0 Å². The number of piperazine rings is 1. The van der Waals surface area contributed by atoms with Crippen LogP contribution in [0.5, 0.6) is 0 Å². The summed E-state index contributed by atoms with van der Waals surface area (Å²) in [6.07, 6.45) is 1.25. The summed E-state index contributed by atoms with van der Waals surface area (Å²) in [5.74, 6) is 5.60. The Morgan fingerprint density at radius 1 is 1.05 bits per heavy atom. The average Bonchev–Trinajstić information content (AvgIpc) is 2.49. The van der Waals surface area contributed by atoms with E-state index in [1.54, 1.807) is 0 Å². The second-order valence-corrected chi connectivity index (χ2v) is 5.27. The quantitative estimate of drug-likeness (QED) is 0.843. The molecule has 1 aliphatic rings. The Morgan fingerprint density at radius 3 is 2.30 bits per heavy atom. The number of hydrogen-bond donors (Lipinski definition) is 1. The first-order valence-corrected chi connectivity index (χ1v) is 7.45. The third kappa shape index (κ3) is 4.64. The van der Waals surface area contributed by atoms with E-state index in [2.05, 4.69) is 40.7 Å². The zero-order valence-electron chi connectivity index (χ0n) is 12.3. The van der Waals surface area contributed by atoms with E-state index in [-0.39, 0.29) is 6.61 Å². The number of aliphatic hydroxyl groups excluding tert-OH is 1. The number of aliphatic hydroxyl groups is 1. The van der Waals surface area contributed by atoms with E-state index in [4.69, 9.17) is 5.11 Å². The van der Waals surface area contributed by atoms with Crippen LogP contribution < -0.4 is 0 Å². The van der Waals surface area contributed by atoms with Crippen LogP contribution in [-0.2, 0) is 6.54 Å². The second kappa shape index (κ2) is 8.06. The fraction of sp³-hybridized carbons (Fsp3) is 0.529. The zero-order valence-corrected chi connectivity index (χ0v) is 12.3. The molecule has 0 saturated carbocycles. The highest BCUT2D eigenvalue weighted by Crippen LogP contribution is 2.10. The molecule has 1 saturated heterocycles. The lowest BCUT2D eigenvalue weighted by Gasteiger charge is -2.34. The molecule has 1 aromatic carbocycles. The largest absolute Gasteiger partial charge is 0.384 e. The van der Waals surface area contributed by atoms with Gasteiger partial charge in [0.1, 0.15) is 6.61 Å². The minimum atomic E-state index is -0.0796. The molecular formula is C17H24N2O. The molecule has 108 valence electrons. The highest BCUT2D eigenvalue weighted by Gasteiger charge is 2.15. The summed E-state index contributed by atoms with van der Waals surface area (Å²) >= 11 is 0. The number of hydrogen-bond acceptors (Lipinski definition) is 3. The van der Waals surface area contributed by atoms with E-state index < -0.39 is 0 Å². The molecule has 1 aliphatic heterocycles. The number of nitrogens with zero attached hydrogens (tertiary/aromatic N) is 2. The second-order valence-electron chi connectivity index (χ2n) is 5.27. The molecule has 3 nitrogen and oxygen atoms in total. The van der Waals surface area contributed by atoms with Crippen molar-refractivity contribution in [1.82, 2.24) is 9.80 Å². The van der Waals surface area contributed by atoms with Gasteiger partial charge in [-0.1, -0.05) is 30.9 Å². The molecule has 1 aromatic rings. The summed E-state index contributed by atoms with van der Waals surface area (Å²) in [5.41, 5.74) is 2.30. The third-order valence-electron chi connectivity index (χ3n) is 3.68. The predicted octanol–water partition coefficient (Wildman–Crippen LogP) is 1.56. The van der Waals surface area contributed by atoms with Crippen molar-refractivity contribution in [2.75, 3.05) is 39.3 Å². The van der Waals surface area contributed by atoms with E-state index in [1.807, 2.05) is 12.1 Å². The first-order chi connectivity index (χ1) is 9.81. The summed E-state index contributed by atoms with van der Waals surface area (Å²) < 4.78 is 0. The van der Waals surface area contributed by atoms with Gasteiger partial charge >= 0.3 is 0 Å². The van der Waals surface area contributed by atoms with Crippen LogP contribution >= 0.6 is 0 Å². The Morgan fingerprint density at radius 2 is 1.70 bits per heavy atom. The summed E-state index contributed by atoms with van der Waals surface area (Å²) in [6, 6.07) is 8.34. The predicted molar refractivity (Wildman–Crippen MR) is 82.4 cm³/mol. The normalized spacial score (nSPS) is 16.7. The molecule has 0 atom stereocenters. The number of rotatable bonds is 4. The summed E-state index contributed by atoms with van der Waals surface area (Å²) in [4.78, 5) is 5.06. The maximum Gasteiger partial charge on any atom is 0.104 e. The molecular weight excluding hydrogens is 248 g/mol. The molecule has 20 heavy (non-hydrogen) atoms. The van der Waals surface area contributed by atoms with Crippen LogP contribution in [0.1, 0.15) is 24.5 Å². The van der Waals surface area contributed by atoms with E-state index >= 15 is 0 Å². The summed E-state index contributed by atoms with van der Waals surface area (Å²) in [5, 5.41) is 8.67. The lowest BCUT2D eigenvalue weighted by molar-refractivity contribution is 0.127. The van der Waals surface area contributed by atoms with Crippen molar-refractivity contribution < 1.29 is 5.11 Å². The summed E-state index contributed by atoms with van der Waals surface area (Å²) in [6.45, 7) is 9.11. The van der Waals surface area contributed by atoms with Crippen molar-refractivity contribution in [3.05, 3.63) is 35.4 Å². The molecule has 1 heterocycles. The van der Waals surface area contributed by atoms with Gasteiger partial charge in [-0.15, -0.1) is 0 Å². The monoisotopic (exact) mass is 272 g/mol. The lowest BCUT2D eigenvalue weighted by atomic mass is 10.1. The van der Waals surface area contributed by atoms with Crippen molar-refractivity contribution in [3.8, 4) is 11.8 Å². The fourth-order valence-electron chi connectivity index (χ4n) is 2.58.